The van der Waals surface area contributed by atoms with Crippen LogP contribution in [0.2, 0.25) is 0 Å². The van der Waals surface area contributed by atoms with E-state index in [0.717, 1.165) is 17.7 Å². The fourth-order valence-corrected chi connectivity index (χ4v) is 2.08. The van der Waals surface area contributed by atoms with Crippen molar-refractivity contribution in [2.75, 3.05) is 14.2 Å². The van der Waals surface area contributed by atoms with Crippen LogP contribution in [0.5, 0.6) is 11.5 Å². The van der Waals surface area contributed by atoms with Crippen LogP contribution in [-0.2, 0) is 4.79 Å². The number of ether oxygens (including phenoxy) is 2. The number of nitrogens with one attached hydrogen (secondary N) is 1. The molecule has 0 aromatic heterocycles. The van der Waals surface area contributed by atoms with Gasteiger partial charge in [0.25, 0.3) is 0 Å². The van der Waals surface area contributed by atoms with Gasteiger partial charge in [0.05, 0.1) is 26.3 Å². The second kappa shape index (κ2) is 9.54. The molecule has 6 heteroatoms. The summed E-state index contributed by atoms with van der Waals surface area (Å²) in [6, 6.07) is 4.79. The zero-order valence-electron chi connectivity index (χ0n) is 13.9. The van der Waals surface area contributed by atoms with E-state index in [1.165, 1.54) is 0 Å². The summed E-state index contributed by atoms with van der Waals surface area (Å²) in [6.45, 7) is 5.89. The molecule has 0 fully saturated rings. The molecule has 3 unspecified atom stereocenters. The maximum absolute atomic E-state index is 12.2. The number of hydrogen-bond donors (Lipinski definition) is 2. The molecule has 0 heterocycles. The van der Waals surface area contributed by atoms with Crippen molar-refractivity contribution in [1.29, 1.82) is 0 Å². The summed E-state index contributed by atoms with van der Waals surface area (Å²) >= 11 is 0. The van der Waals surface area contributed by atoms with E-state index < -0.39 is 6.04 Å². The van der Waals surface area contributed by atoms with Crippen LogP contribution in [0, 0.1) is 5.92 Å². The Morgan fingerprint density at radius 2 is 1.91 bits per heavy atom. The molecule has 0 aliphatic rings. The Morgan fingerprint density at radius 1 is 1.27 bits per heavy atom. The van der Waals surface area contributed by atoms with Gasteiger partial charge in [-0.2, -0.15) is 0 Å². The van der Waals surface area contributed by atoms with Crippen molar-refractivity contribution in [3.05, 3.63) is 23.8 Å². The van der Waals surface area contributed by atoms with E-state index in [0.29, 0.717) is 5.75 Å². The molecule has 3 atom stereocenters. The molecule has 0 radical (unpaired) electrons. The molecule has 3 N–H and O–H groups in total. The average Bonchev–Trinajstić information content (AvgIpc) is 2.52. The monoisotopic (exact) mass is 330 g/mol. The Balaban J connectivity index is 0.00000441. The highest BCUT2D eigenvalue weighted by molar-refractivity contribution is 5.85. The second-order valence-corrected chi connectivity index (χ2v) is 5.25. The number of benzene rings is 1. The Labute approximate surface area is 139 Å². The van der Waals surface area contributed by atoms with Crippen LogP contribution in [-0.4, -0.2) is 26.2 Å². The minimum absolute atomic E-state index is 0. The molecular weight excluding hydrogens is 304 g/mol. The van der Waals surface area contributed by atoms with E-state index in [-0.39, 0.29) is 30.3 Å². The summed E-state index contributed by atoms with van der Waals surface area (Å²) < 4.78 is 10.6. The van der Waals surface area contributed by atoms with Gasteiger partial charge in [-0.1, -0.05) is 20.3 Å². The summed E-state index contributed by atoms with van der Waals surface area (Å²) in [5.74, 6) is 1.42. The third kappa shape index (κ3) is 5.07. The fourth-order valence-electron chi connectivity index (χ4n) is 2.08. The van der Waals surface area contributed by atoms with Crippen LogP contribution in [0.4, 0.5) is 0 Å². The van der Waals surface area contributed by atoms with Gasteiger partial charge in [-0.25, -0.2) is 0 Å². The summed E-state index contributed by atoms with van der Waals surface area (Å²) in [5.41, 5.74) is 6.82. The van der Waals surface area contributed by atoms with Crippen LogP contribution in [0.1, 0.15) is 38.8 Å². The number of methoxy groups -OCH3 is 2. The lowest BCUT2D eigenvalue weighted by Gasteiger charge is -2.22. The minimum Gasteiger partial charge on any atom is -0.497 e. The molecule has 0 saturated heterocycles. The first-order valence-corrected chi connectivity index (χ1v) is 7.22. The fraction of sp³-hybridized carbons (Fsp3) is 0.562. The van der Waals surface area contributed by atoms with Gasteiger partial charge in [0.15, 0.2) is 0 Å². The van der Waals surface area contributed by atoms with Crippen molar-refractivity contribution >= 4 is 18.3 Å². The van der Waals surface area contributed by atoms with Gasteiger partial charge in [0.1, 0.15) is 11.5 Å². The maximum Gasteiger partial charge on any atom is 0.237 e. The number of hydrogen-bond acceptors (Lipinski definition) is 4. The second-order valence-electron chi connectivity index (χ2n) is 5.25. The van der Waals surface area contributed by atoms with Crippen molar-refractivity contribution in [2.24, 2.45) is 11.7 Å². The lowest BCUT2D eigenvalue weighted by molar-refractivity contribution is -0.124. The highest BCUT2D eigenvalue weighted by atomic mass is 35.5. The Bertz CT molecular complexity index is 482. The SMILES string of the molecule is CCC(C)C(N)C(=O)NC(C)c1cc(OC)ccc1OC.Cl. The van der Waals surface area contributed by atoms with Crippen molar-refractivity contribution in [3.63, 3.8) is 0 Å². The normalized spacial score (nSPS) is 14.3. The first kappa shape index (κ1) is 20.5. The van der Waals surface area contributed by atoms with Crippen molar-refractivity contribution < 1.29 is 14.3 Å². The minimum atomic E-state index is -0.506. The van der Waals surface area contributed by atoms with E-state index in [1.807, 2.05) is 39.0 Å². The molecule has 1 amide bonds. The van der Waals surface area contributed by atoms with Crippen LogP contribution in [0.25, 0.3) is 0 Å². The number of rotatable bonds is 7. The van der Waals surface area contributed by atoms with Crippen LogP contribution in [0.3, 0.4) is 0 Å². The number of carbonyl (C=O) groups excluding carboxylic acids is 1. The topological polar surface area (TPSA) is 73.6 Å². The Morgan fingerprint density at radius 3 is 2.41 bits per heavy atom. The third-order valence-corrected chi connectivity index (χ3v) is 3.82. The van der Waals surface area contributed by atoms with Crippen LogP contribution < -0.4 is 20.5 Å². The maximum atomic E-state index is 12.2. The van der Waals surface area contributed by atoms with E-state index in [9.17, 15) is 4.79 Å². The van der Waals surface area contributed by atoms with Gasteiger partial charge in [0, 0.05) is 5.56 Å². The Kier molecular flexibility index (Phi) is 8.90. The zero-order valence-corrected chi connectivity index (χ0v) is 14.7. The van der Waals surface area contributed by atoms with Crippen LogP contribution >= 0.6 is 12.4 Å². The number of amides is 1. The van der Waals surface area contributed by atoms with Gasteiger partial charge >= 0.3 is 0 Å². The predicted molar refractivity (Wildman–Crippen MR) is 90.8 cm³/mol. The van der Waals surface area contributed by atoms with Crippen molar-refractivity contribution in [1.82, 2.24) is 5.32 Å². The van der Waals surface area contributed by atoms with Crippen molar-refractivity contribution in [2.45, 2.75) is 39.3 Å². The largest absolute Gasteiger partial charge is 0.497 e. The lowest BCUT2D eigenvalue weighted by Crippen LogP contribution is -2.45. The van der Waals surface area contributed by atoms with E-state index in [4.69, 9.17) is 15.2 Å². The van der Waals surface area contributed by atoms with E-state index in [2.05, 4.69) is 5.32 Å². The molecular formula is C16H27ClN2O3. The quantitative estimate of drug-likeness (QED) is 0.806. The van der Waals surface area contributed by atoms with E-state index >= 15 is 0 Å². The molecule has 0 bridgehead atoms. The van der Waals surface area contributed by atoms with E-state index in [1.54, 1.807) is 14.2 Å². The molecule has 1 rings (SSSR count). The average molecular weight is 331 g/mol. The molecule has 1 aromatic carbocycles. The highest BCUT2D eigenvalue weighted by Crippen LogP contribution is 2.29. The molecule has 0 aliphatic heterocycles. The third-order valence-electron chi connectivity index (χ3n) is 3.82. The highest BCUT2D eigenvalue weighted by Gasteiger charge is 2.22. The standard InChI is InChI=1S/C16H26N2O3.ClH/c1-6-10(2)15(17)16(19)18-11(3)13-9-12(20-4)7-8-14(13)21-5;/h7-11,15H,6,17H2,1-5H3,(H,18,19);1H. The molecule has 0 aliphatic carbocycles. The number of nitrogens with two attached hydrogens (primary N) is 1. The summed E-state index contributed by atoms with van der Waals surface area (Å²) in [7, 11) is 3.21. The van der Waals surface area contributed by atoms with Gasteiger partial charge in [0.2, 0.25) is 5.91 Å². The molecule has 0 saturated carbocycles. The Hall–Kier alpha value is -1.46. The van der Waals surface area contributed by atoms with Crippen LogP contribution in [0.15, 0.2) is 18.2 Å². The van der Waals surface area contributed by atoms with Gasteiger partial charge in [-0.3, -0.25) is 4.79 Å². The zero-order chi connectivity index (χ0) is 16.0. The van der Waals surface area contributed by atoms with Gasteiger partial charge < -0.3 is 20.5 Å². The first-order valence-electron chi connectivity index (χ1n) is 7.22. The first-order chi connectivity index (χ1) is 9.94. The smallest absolute Gasteiger partial charge is 0.237 e. The molecule has 0 spiro atoms. The summed E-state index contributed by atoms with van der Waals surface area (Å²) in [5, 5.41) is 2.94. The molecule has 126 valence electrons. The summed E-state index contributed by atoms with van der Waals surface area (Å²) in [6.07, 6.45) is 0.867. The van der Waals surface area contributed by atoms with Crippen molar-refractivity contribution in [3.8, 4) is 11.5 Å². The summed E-state index contributed by atoms with van der Waals surface area (Å²) in [4.78, 5) is 12.2. The van der Waals surface area contributed by atoms with Gasteiger partial charge in [-0.15, -0.1) is 12.4 Å². The molecule has 1 aromatic rings. The molecule has 22 heavy (non-hydrogen) atoms. The lowest BCUT2D eigenvalue weighted by atomic mass is 9.98. The van der Waals surface area contributed by atoms with Gasteiger partial charge in [-0.05, 0) is 31.0 Å². The predicted octanol–water partition coefficient (Wildman–Crippen LogP) is 2.68. The molecule has 5 nitrogen and oxygen atoms in total. The number of carbonyl (C=O) groups is 1. The number of halogens is 1.